The molecule has 0 aromatic heterocycles. The lowest BCUT2D eigenvalue weighted by atomic mass is 10.1. The zero-order valence-electron chi connectivity index (χ0n) is 21.9. The van der Waals surface area contributed by atoms with Crippen molar-refractivity contribution in [2.75, 3.05) is 0 Å². The highest BCUT2D eigenvalue weighted by molar-refractivity contribution is 7.49. The Morgan fingerprint density at radius 1 is 0.658 bits per heavy atom. The predicted octanol–water partition coefficient (Wildman–Crippen LogP) is 7.22. The van der Waals surface area contributed by atoms with Crippen LogP contribution in [0.4, 0.5) is 0 Å². The smallest absolute Gasteiger partial charge is 0.419 e. The van der Waals surface area contributed by atoms with Gasteiger partial charge in [-0.3, -0.25) is 0 Å². The van der Waals surface area contributed by atoms with Crippen LogP contribution < -0.4 is 23.0 Å². The highest BCUT2D eigenvalue weighted by Crippen LogP contribution is 2.54. The van der Waals surface area contributed by atoms with Crippen LogP contribution >= 0.6 is 7.82 Å². The molecule has 0 saturated carbocycles. The maximum atomic E-state index is 14.3. The molecular formula is C29H29O8P. The Morgan fingerprint density at radius 3 is 1.39 bits per heavy atom. The molecule has 3 aromatic rings. The highest BCUT2D eigenvalue weighted by Gasteiger charge is 2.37. The number of rotatable bonds is 10. The van der Waals surface area contributed by atoms with E-state index in [9.17, 15) is 14.2 Å². The third-order valence-corrected chi connectivity index (χ3v) is 6.28. The van der Waals surface area contributed by atoms with Crippen LogP contribution in [0.2, 0.25) is 0 Å². The topological polar surface area (TPSA) is 97.4 Å². The first-order valence-electron chi connectivity index (χ1n) is 11.6. The Labute approximate surface area is 222 Å². The summed E-state index contributed by atoms with van der Waals surface area (Å²) in [6.07, 6.45) is 0. The average molecular weight is 537 g/mol. The number of para-hydroxylation sites is 4. The SMILES string of the molecule is C=C(C)C(=O)Oc1ccccc1OP(=O)(Oc1ccccc1OC(=O)C(=C)C)Oc1c(C)cc(C)cc1C. The number of hydrogen-bond donors (Lipinski definition) is 0. The molecule has 0 saturated heterocycles. The van der Waals surface area contributed by atoms with Gasteiger partial charge in [0.15, 0.2) is 23.0 Å². The van der Waals surface area contributed by atoms with Crippen LogP contribution in [0, 0.1) is 20.8 Å². The molecule has 0 N–H and O–H groups in total. The van der Waals surface area contributed by atoms with Crippen molar-refractivity contribution in [2.24, 2.45) is 0 Å². The summed E-state index contributed by atoms with van der Waals surface area (Å²) < 4.78 is 42.5. The molecule has 0 fully saturated rings. The molecule has 0 aliphatic rings. The van der Waals surface area contributed by atoms with E-state index in [0.29, 0.717) is 11.1 Å². The molecule has 0 aliphatic heterocycles. The number of carbonyl (C=O) groups excluding carboxylic acids is 2. The molecule has 0 spiro atoms. The maximum Gasteiger partial charge on any atom is 0.647 e. The number of benzene rings is 3. The fraction of sp³-hybridized carbons (Fsp3) is 0.172. The molecule has 0 heterocycles. The summed E-state index contributed by atoms with van der Waals surface area (Å²) in [5.41, 5.74) is 2.69. The lowest BCUT2D eigenvalue weighted by Gasteiger charge is -2.23. The number of carbonyl (C=O) groups is 2. The monoisotopic (exact) mass is 536 g/mol. The molecule has 0 unspecified atom stereocenters. The maximum absolute atomic E-state index is 14.3. The van der Waals surface area contributed by atoms with Crippen LogP contribution in [0.25, 0.3) is 0 Å². The summed E-state index contributed by atoms with van der Waals surface area (Å²) in [6, 6.07) is 16.0. The van der Waals surface area contributed by atoms with Gasteiger partial charge in [-0.05, 0) is 70.0 Å². The molecule has 0 amide bonds. The van der Waals surface area contributed by atoms with E-state index in [1.807, 2.05) is 19.1 Å². The van der Waals surface area contributed by atoms with E-state index in [4.69, 9.17) is 23.0 Å². The molecule has 0 atom stereocenters. The molecule has 0 aliphatic carbocycles. The second-order valence-electron chi connectivity index (χ2n) is 8.68. The standard InChI is InChI=1S/C29H29O8P/c1-18(2)28(30)33-23-12-8-10-14-25(23)35-38(32,37-27-21(6)16-20(5)17-22(27)7)36-26-15-11-9-13-24(26)34-29(31)19(3)4/h8-17H,1,3H2,2,4-7H3. The van der Waals surface area contributed by atoms with Gasteiger partial charge in [0.1, 0.15) is 5.75 Å². The predicted molar refractivity (Wildman–Crippen MR) is 144 cm³/mol. The van der Waals surface area contributed by atoms with Gasteiger partial charge in [-0.2, -0.15) is 4.57 Å². The zero-order chi connectivity index (χ0) is 28.0. The van der Waals surface area contributed by atoms with E-state index in [-0.39, 0.29) is 39.9 Å². The second kappa shape index (κ2) is 11.8. The van der Waals surface area contributed by atoms with E-state index in [1.165, 1.54) is 38.1 Å². The van der Waals surface area contributed by atoms with Crippen LogP contribution in [-0.4, -0.2) is 11.9 Å². The van der Waals surface area contributed by atoms with Crippen molar-refractivity contribution in [3.8, 4) is 28.7 Å². The average Bonchev–Trinajstić information content (AvgIpc) is 2.83. The van der Waals surface area contributed by atoms with Crippen LogP contribution in [-0.2, 0) is 14.2 Å². The Bertz CT molecular complexity index is 1360. The Balaban J connectivity index is 2.07. The fourth-order valence-electron chi connectivity index (χ4n) is 3.31. The summed E-state index contributed by atoms with van der Waals surface area (Å²) in [7, 11) is -4.57. The van der Waals surface area contributed by atoms with Gasteiger partial charge in [-0.15, -0.1) is 0 Å². The van der Waals surface area contributed by atoms with E-state index < -0.39 is 19.8 Å². The number of phosphoric ester groups is 1. The van der Waals surface area contributed by atoms with Crippen LogP contribution in [0.3, 0.4) is 0 Å². The van der Waals surface area contributed by atoms with Crippen molar-refractivity contribution < 1.29 is 37.2 Å². The van der Waals surface area contributed by atoms with Gasteiger partial charge in [0.05, 0.1) is 0 Å². The third kappa shape index (κ3) is 7.14. The fourth-order valence-corrected chi connectivity index (χ4v) is 4.72. The summed E-state index contributed by atoms with van der Waals surface area (Å²) in [4.78, 5) is 24.3. The van der Waals surface area contributed by atoms with Crippen LogP contribution in [0.1, 0.15) is 30.5 Å². The van der Waals surface area contributed by atoms with Crippen molar-refractivity contribution in [2.45, 2.75) is 34.6 Å². The van der Waals surface area contributed by atoms with Gasteiger partial charge in [0.2, 0.25) is 0 Å². The van der Waals surface area contributed by atoms with E-state index in [0.717, 1.165) is 5.56 Å². The van der Waals surface area contributed by atoms with Crippen LogP contribution in [0.5, 0.6) is 28.7 Å². The zero-order valence-corrected chi connectivity index (χ0v) is 22.8. The number of ether oxygens (including phenoxy) is 2. The van der Waals surface area contributed by atoms with Crippen molar-refractivity contribution in [1.82, 2.24) is 0 Å². The third-order valence-electron chi connectivity index (χ3n) is 5.03. The van der Waals surface area contributed by atoms with Gasteiger partial charge in [-0.25, -0.2) is 9.59 Å². The van der Waals surface area contributed by atoms with Gasteiger partial charge in [-0.1, -0.05) is 55.1 Å². The summed E-state index contributed by atoms with van der Waals surface area (Å²) in [6.45, 7) is 15.7. The molecule has 3 rings (SSSR count). The van der Waals surface area contributed by atoms with Gasteiger partial charge < -0.3 is 23.0 Å². The summed E-state index contributed by atoms with van der Waals surface area (Å²) in [5.74, 6) is -1.31. The molecule has 9 heteroatoms. The van der Waals surface area contributed by atoms with Gasteiger partial charge >= 0.3 is 19.8 Å². The number of phosphoric acid groups is 1. The van der Waals surface area contributed by atoms with E-state index in [2.05, 4.69) is 13.2 Å². The second-order valence-corrected chi connectivity index (χ2v) is 10.1. The van der Waals surface area contributed by atoms with Crippen LogP contribution in [0.15, 0.2) is 85.0 Å². The summed E-state index contributed by atoms with van der Waals surface area (Å²) in [5, 5.41) is 0. The van der Waals surface area contributed by atoms with E-state index in [1.54, 1.807) is 38.1 Å². The van der Waals surface area contributed by atoms with Crippen molar-refractivity contribution in [1.29, 1.82) is 0 Å². The first kappa shape index (κ1) is 28.3. The van der Waals surface area contributed by atoms with Gasteiger partial charge in [0.25, 0.3) is 0 Å². The molecule has 0 radical (unpaired) electrons. The minimum Gasteiger partial charge on any atom is -0.419 e. The quantitative estimate of drug-likeness (QED) is 0.116. The molecule has 3 aromatic carbocycles. The number of hydrogen-bond acceptors (Lipinski definition) is 8. The normalized spacial score (nSPS) is 10.8. The molecule has 8 nitrogen and oxygen atoms in total. The molecule has 198 valence electrons. The van der Waals surface area contributed by atoms with Crippen molar-refractivity contribution in [3.05, 3.63) is 102 Å². The number of aryl methyl sites for hydroxylation is 3. The lowest BCUT2D eigenvalue weighted by molar-refractivity contribution is -0.131. The lowest BCUT2D eigenvalue weighted by Crippen LogP contribution is -2.13. The number of esters is 2. The van der Waals surface area contributed by atoms with E-state index >= 15 is 0 Å². The minimum absolute atomic E-state index is 0.0210. The molecule has 0 bridgehead atoms. The molecule has 38 heavy (non-hydrogen) atoms. The summed E-state index contributed by atoms with van der Waals surface area (Å²) >= 11 is 0. The largest absolute Gasteiger partial charge is 0.647 e. The first-order chi connectivity index (χ1) is 17.9. The Kier molecular flexibility index (Phi) is 8.81. The Hall–Kier alpha value is -4.29. The first-order valence-corrected chi connectivity index (χ1v) is 13.0. The Morgan fingerprint density at radius 2 is 1.03 bits per heavy atom. The minimum atomic E-state index is -4.57. The molecular weight excluding hydrogens is 507 g/mol. The van der Waals surface area contributed by atoms with Gasteiger partial charge in [0, 0.05) is 11.1 Å². The van der Waals surface area contributed by atoms with Crippen molar-refractivity contribution >= 4 is 19.8 Å². The van der Waals surface area contributed by atoms with Crippen molar-refractivity contribution in [3.63, 3.8) is 0 Å². The highest BCUT2D eigenvalue weighted by atomic mass is 31.2.